The highest BCUT2D eigenvalue weighted by Gasteiger charge is 2.20. The van der Waals surface area contributed by atoms with Gasteiger partial charge in [-0.15, -0.1) is 0 Å². The van der Waals surface area contributed by atoms with Crippen molar-refractivity contribution >= 4 is 11.8 Å². The Bertz CT molecular complexity index is 951. The Hall–Kier alpha value is -3.22. The minimum absolute atomic E-state index is 0.0999. The molecule has 3 rings (SSSR count). The number of carbonyl (C=O) groups excluding carboxylic acids is 2. The summed E-state index contributed by atoms with van der Waals surface area (Å²) in [4.78, 5) is 28.7. The van der Waals surface area contributed by atoms with Gasteiger partial charge in [0.2, 0.25) is 0 Å². The number of hydrogen-bond acceptors (Lipinski definition) is 4. The van der Waals surface area contributed by atoms with Gasteiger partial charge in [0, 0.05) is 31.5 Å². The summed E-state index contributed by atoms with van der Waals surface area (Å²) >= 11 is 0. The molecular formula is C23H29N3O4. The van der Waals surface area contributed by atoms with Crippen molar-refractivity contribution in [3.8, 4) is 0 Å². The normalized spacial score (nSPS) is 10.9. The number of rotatable bonds is 10. The summed E-state index contributed by atoms with van der Waals surface area (Å²) in [5.74, 6) is 1.16. The molecule has 30 heavy (non-hydrogen) atoms. The summed E-state index contributed by atoms with van der Waals surface area (Å²) in [5.41, 5.74) is 0.983. The maximum absolute atomic E-state index is 12.8. The van der Waals surface area contributed by atoms with Crippen LogP contribution in [0.25, 0.3) is 0 Å². The number of hydrogen-bond donors (Lipinski definition) is 0. The third-order valence-corrected chi connectivity index (χ3v) is 5.04. The molecule has 7 heteroatoms. The summed E-state index contributed by atoms with van der Waals surface area (Å²) in [7, 11) is 0. The second kappa shape index (κ2) is 10.0. The fraction of sp³-hybridized carbons (Fsp3) is 0.391. The molecule has 160 valence electrons. The van der Waals surface area contributed by atoms with E-state index in [-0.39, 0.29) is 11.8 Å². The molecule has 0 atom stereocenters. The van der Waals surface area contributed by atoms with Gasteiger partial charge in [-0.2, -0.15) is 0 Å². The molecule has 0 aromatic carbocycles. The van der Waals surface area contributed by atoms with E-state index in [0.717, 1.165) is 12.1 Å². The smallest absolute Gasteiger partial charge is 0.289 e. The predicted octanol–water partition coefficient (Wildman–Crippen LogP) is 4.26. The molecule has 0 saturated heterocycles. The Kier molecular flexibility index (Phi) is 7.17. The zero-order chi connectivity index (χ0) is 21.5. The zero-order valence-electron chi connectivity index (χ0n) is 17.8. The maximum atomic E-state index is 12.8. The Labute approximate surface area is 176 Å². The molecule has 0 saturated carbocycles. The second-order valence-corrected chi connectivity index (χ2v) is 7.07. The Morgan fingerprint density at radius 1 is 0.933 bits per heavy atom. The number of carbonyl (C=O) groups is 2. The van der Waals surface area contributed by atoms with Gasteiger partial charge in [0.1, 0.15) is 5.76 Å². The average molecular weight is 412 g/mol. The lowest BCUT2D eigenvalue weighted by Crippen LogP contribution is -2.32. The largest absolute Gasteiger partial charge is 0.459 e. The van der Waals surface area contributed by atoms with Crippen molar-refractivity contribution in [2.24, 2.45) is 0 Å². The first-order valence-electron chi connectivity index (χ1n) is 10.4. The molecule has 0 aliphatic heterocycles. The monoisotopic (exact) mass is 411 g/mol. The first-order valence-corrected chi connectivity index (χ1v) is 10.4. The highest BCUT2D eigenvalue weighted by atomic mass is 16.4. The maximum Gasteiger partial charge on any atom is 0.289 e. The molecule has 2 amide bonds. The van der Waals surface area contributed by atoms with E-state index in [4.69, 9.17) is 8.83 Å². The van der Waals surface area contributed by atoms with E-state index in [1.165, 1.54) is 6.26 Å². The van der Waals surface area contributed by atoms with Crippen molar-refractivity contribution in [1.29, 1.82) is 0 Å². The molecule has 0 aliphatic carbocycles. The van der Waals surface area contributed by atoms with Crippen LogP contribution < -0.4 is 0 Å². The quantitative estimate of drug-likeness (QED) is 0.500. The summed E-state index contributed by atoms with van der Waals surface area (Å²) in [6, 6.07) is 10.9. The van der Waals surface area contributed by atoms with Crippen LogP contribution in [0, 0.1) is 0 Å². The van der Waals surface area contributed by atoms with Crippen LogP contribution in [0.3, 0.4) is 0 Å². The fourth-order valence-corrected chi connectivity index (χ4v) is 3.43. The molecule has 0 spiro atoms. The molecule has 3 aromatic heterocycles. The van der Waals surface area contributed by atoms with E-state index < -0.39 is 0 Å². The number of furan rings is 2. The van der Waals surface area contributed by atoms with E-state index in [1.54, 1.807) is 28.0 Å². The standard InChI is InChI=1S/C23H29N3O4/c1-4-13-26(22(27)20-10-8-15-29-20)16-18-9-7-14-25(18)17-19-11-12-21(30-19)23(28)24(5-2)6-3/h7-12,14-15H,4-6,13,16-17H2,1-3H3. The Morgan fingerprint density at radius 3 is 2.37 bits per heavy atom. The van der Waals surface area contributed by atoms with Crippen molar-refractivity contribution in [1.82, 2.24) is 14.4 Å². The molecule has 0 bridgehead atoms. The predicted molar refractivity (Wildman–Crippen MR) is 113 cm³/mol. The summed E-state index contributed by atoms with van der Waals surface area (Å²) in [6.07, 6.45) is 4.31. The SMILES string of the molecule is CCCN(Cc1cccn1Cc1ccc(C(=O)N(CC)CC)o1)C(=O)c1ccco1. The van der Waals surface area contributed by atoms with E-state index in [0.29, 0.717) is 50.0 Å². The van der Waals surface area contributed by atoms with Gasteiger partial charge >= 0.3 is 0 Å². The van der Waals surface area contributed by atoms with Crippen LogP contribution >= 0.6 is 0 Å². The third-order valence-electron chi connectivity index (χ3n) is 5.04. The van der Waals surface area contributed by atoms with Gasteiger partial charge in [-0.1, -0.05) is 6.92 Å². The summed E-state index contributed by atoms with van der Waals surface area (Å²) < 4.78 is 13.1. The first kappa shape index (κ1) is 21.5. The Morgan fingerprint density at radius 2 is 1.70 bits per heavy atom. The highest BCUT2D eigenvalue weighted by Crippen LogP contribution is 2.16. The molecule has 0 fully saturated rings. The minimum atomic E-state index is -0.125. The van der Waals surface area contributed by atoms with Crippen LogP contribution in [0.15, 0.2) is 57.7 Å². The van der Waals surface area contributed by atoms with Gasteiger partial charge in [0.25, 0.3) is 11.8 Å². The van der Waals surface area contributed by atoms with Gasteiger partial charge in [-0.25, -0.2) is 0 Å². The zero-order valence-corrected chi connectivity index (χ0v) is 17.8. The third kappa shape index (κ3) is 4.84. The van der Waals surface area contributed by atoms with Crippen LogP contribution in [0.4, 0.5) is 0 Å². The van der Waals surface area contributed by atoms with Crippen molar-refractivity contribution in [2.75, 3.05) is 19.6 Å². The van der Waals surface area contributed by atoms with Gasteiger partial charge < -0.3 is 23.2 Å². The number of amides is 2. The molecule has 7 nitrogen and oxygen atoms in total. The fourth-order valence-electron chi connectivity index (χ4n) is 3.43. The molecule has 0 N–H and O–H groups in total. The molecule has 0 unspecified atom stereocenters. The molecular weight excluding hydrogens is 382 g/mol. The minimum Gasteiger partial charge on any atom is -0.459 e. The number of nitrogens with zero attached hydrogens (tertiary/aromatic N) is 3. The Balaban J connectivity index is 1.72. The van der Waals surface area contributed by atoms with Crippen molar-refractivity contribution < 1.29 is 18.4 Å². The molecule has 0 aliphatic rings. The molecule has 0 radical (unpaired) electrons. The van der Waals surface area contributed by atoms with Crippen molar-refractivity contribution in [2.45, 2.75) is 40.3 Å². The van der Waals surface area contributed by atoms with E-state index >= 15 is 0 Å². The van der Waals surface area contributed by atoms with E-state index in [9.17, 15) is 9.59 Å². The summed E-state index contributed by atoms with van der Waals surface area (Å²) in [6.45, 7) is 8.81. The van der Waals surface area contributed by atoms with Gasteiger partial charge in [0.15, 0.2) is 11.5 Å². The lowest BCUT2D eigenvalue weighted by Gasteiger charge is -2.22. The van der Waals surface area contributed by atoms with Crippen molar-refractivity contribution in [3.63, 3.8) is 0 Å². The van der Waals surface area contributed by atoms with Crippen LogP contribution in [-0.2, 0) is 13.1 Å². The number of aromatic nitrogens is 1. The first-order chi connectivity index (χ1) is 14.6. The van der Waals surface area contributed by atoms with Gasteiger partial charge in [0.05, 0.1) is 19.4 Å². The average Bonchev–Trinajstić information content (AvgIpc) is 3.51. The van der Waals surface area contributed by atoms with Crippen LogP contribution in [0.5, 0.6) is 0 Å². The lowest BCUT2D eigenvalue weighted by molar-refractivity contribution is 0.0705. The van der Waals surface area contributed by atoms with Gasteiger partial charge in [-0.3, -0.25) is 9.59 Å². The van der Waals surface area contributed by atoms with Crippen LogP contribution in [-0.4, -0.2) is 45.8 Å². The highest BCUT2D eigenvalue weighted by molar-refractivity contribution is 5.91. The molecule has 3 heterocycles. The van der Waals surface area contributed by atoms with Crippen LogP contribution in [0.1, 0.15) is 59.8 Å². The van der Waals surface area contributed by atoms with Crippen LogP contribution in [0.2, 0.25) is 0 Å². The lowest BCUT2D eigenvalue weighted by atomic mass is 10.3. The van der Waals surface area contributed by atoms with E-state index in [1.807, 2.05) is 49.7 Å². The second-order valence-electron chi connectivity index (χ2n) is 7.07. The van der Waals surface area contributed by atoms with Crippen molar-refractivity contribution in [3.05, 3.63) is 71.8 Å². The van der Waals surface area contributed by atoms with Gasteiger partial charge in [-0.05, 0) is 56.7 Å². The summed E-state index contributed by atoms with van der Waals surface area (Å²) in [5, 5.41) is 0. The van der Waals surface area contributed by atoms with E-state index in [2.05, 4.69) is 0 Å². The molecule has 3 aromatic rings. The topological polar surface area (TPSA) is 71.8 Å².